The Bertz CT molecular complexity index is 2460. The van der Waals surface area contributed by atoms with Crippen molar-refractivity contribution in [1.82, 2.24) is 20.1 Å². The van der Waals surface area contributed by atoms with E-state index in [2.05, 4.69) is 32.2 Å². The molecule has 14 nitrogen and oxygen atoms in total. The largest absolute Gasteiger partial charge is 0.504 e. The average Bonchev–Trinajstić information content (AvgIpc) is 3.84. The summed E-state index contributed by atoms with van der Waals surface area (Å²) >= 11 is 1.54. The van der Waals surface area contributed by atoms with Gasteiger partial charge in [-0.05, 0) is 68.6 Å². The van der Waals surface area contributed by atoms with E-state index in [1.807, 2.05) is 39.1 Å². The molecule has 1 spiro atoms. The van der Waals surface area contributed by atoms with Gasteiger partial charge in [0, 0.05) is 64.5 Å². The Morgan fingerprint density at radius 3 is 2.65 bits per heavy atom. The van der Waals surface area contributed by atoms with Crippen LogP contribution in [-0.4, -0.2) is 96.9 Å². The molecule has 0 aliphatic carbocycles. The molecular formula is C42H43N5O9S. The zero-order valence-electron chi connectivity index (χ0n) is 32.5. The van der Waals surface area contributed by atoms with E-state index in [1.54, 1.807) is 14.2 Å². The number of nitrogens with one attached hydrogen (secondary N) is 2. The first-order valence-electron chi connectivity index (χ1n) is 19.2. The molecule has 7 aliphatic rings. The van der Waals surface area contributed by atoms with Crippen molar-refractivity contribution in [2.75, 3.05) is 47.0 Å². The van der Waals surface area contributed by atoms with Gasteiger partial charge >= 0.3 is 11.9 Å². The summed E-state index contributed by atoms with van der Waals surface area (Å²) in [5.41, 5.74) is 5.85. The molecule has 1 aromatic heterocycles. The highest BCUT2D eigenvalue weighted by atomic mass is 32.2. The number of aromatic hydroxyl groups is 1. The number of nitrogens with zero attached hydrogens (tertiary/aromatic N) is 3. The molecule has 3 aromatic carbocycles. The predicted octanol–water partition coefficient (Wildman–Crippen LogP) is 4.76. The third kappa shape index (κ3) is 4.87. The third-order valence-electron chi connectivity index (χ3n) is 13.1. The summed E-state index contributed by atoms with van der Waals surface area (Å²) in [6, 6.07) is 7.96. The smallest absolute Gasteiger partial charge is 0.333 e. The van der Waals surface area contributed by atoms with E-state index in [0.717, 1.165) is 50.2 Å². The lowest BCUT2D eigenvalue weighted by molar-refractivity contribution is -0.157. The Kier molecular flexibility index (Phi) is 8.22. The number of H-pyrrole nitrogens is 1. The quantitative estimate of drug-likeness (QED) is 0.192. The number of aryl methyl sites for hydroxylation is 1. The average molecular weight is 794 g/mol. The number of piperazine rings is 1. The normalized spacial score (nSPS) is 28.5. The topological polar surface area (TPSA) is 168 Å². The van der Waals surface area contributed by atoms with Gasteiger partial charge in [0.05, 0.1) is 43.3 Å². The molecule has 15 heteroatoms. The highest BCUT2D eigenvalue weighted by Crippen LogP contribution is 2.64. The van der Waals surface area contributed by atoms with Crippen molar-refractivity contribution in [3.63, 3.8) is 0 Å². The van der Waals surface area contributed by atoms with Crippen LogP contribution in [0, 0.1) is 25.2 Å². The van der Waals surface area contributed by atoms with Crippen LogP contribution in [0.3, 0.4) is 0 Å². The van der Waals surface area contributed by atoms with Gasteiger partial charge in [0.2, 0.25) is 6.79 Å². The number of nitriles is 1. The number of carbonyl (C=O) groups is 2. The molecule has 3 N–H and O–H groups in total. The first-order valence-corrected chi connectivity index (χ1v) is 20.2. The van der Waals surface area contributed by atoms with Crippen LogP contribution in [0.2, 0.25) is 0 Å². The molecule has 11 rings (SSSR count). The van der Waals surface area contributed by atoms with Gasteiger partial charge in [-0.25, -0.2) is 4.79 Å². The number of hydrogen-bond donors (Lipinski definition) is 3. The predicted molar refractivity (Wildman–Crippen MR) is 208 cm³/mol. The number of methoxy groups -OCH3 is 2. The molecule has 0 radical (unpaired) electrons. The van der Waals surface area contributed by atoms with Crippen LogP contribution in [0.5, 0.6) is 34.5 Å². The maximum atomic E-state index is 14.9. The number of fused-ring (bicyclic) bond motifs is 11. The lowest BCUT2D eigenvalue weighted by Gasteiger charge is -2.62. The maximum Gasteiger partial charge on any atom is 0.333 e. The minimum Gasteiger partial charge on any atom is -0.504 e. The Morgan fingerprint density at radius 2 is 1.89 bits per heavy atom. The SMILES string of the molecule is COc1ccc2[nH]c3c(c2c1)CCN[C@]31CS[C@@H]2c3c(OC(C)=O)c(C)c4c(c3[C@@H](COC1=O)N1C2[C@H]2c3c(cc(C)c(OC)c3O)C[C@@H]([C@@H]1C#N)N2C)OCO4. The summed E-state index contributed by atoms with van der Waals surface area (Å²) < 4.78 is 36.4. The van der Waals surface area contributed by atoms with Crippen LogP contribution >= 0.6 is 11.8 Å². The summed E-state index contributed by atoms with van der Waals surface area (Å²) in [5, 5.41) is 27.3. The van der Waals surface area contributed by atoms with E-state index in [9.17, 15) is 20.0 Å². The van der Waals surface area contributed by atoms with Crippen LogP contribution in [-0.2, 0) is 32.7 Å². The molecule has 4 aromatic rings. The van der Waals surface area contributed by atoms with Gasteiger partial charge in [-0.2, -0.15) is 5.26 Å². The number of carbonyl (C=O) groups excluding carboxylic acids is 2. The summed E-state index contributed by atoms with van der Waals surface area (Å²) in [7, 11) is 5.20. The lowest BCUT2D eigenvalue weighted by atomic mass is 9.71. The Balaban J connectivity index is 1.24. The zero-order valence-corrected chi connectivity index (χ0v) is 33.3. The third-order valence-corrected chi connectivity index (χ3v) is 14.6. The molecule has 0 saturated carbocycles. The fourth-order valence-corrected chi connectivity index (χ4v) is 12.4. The molecule has 57 heavy (non-hydrogen) atoms. The zero-order chi connectivity index (χ0) is 39.7. The van der Waals surface area contributed by atoms with Crippen molar-refractivity contribution in [1.29, 1.82) is 5.26 Å². The van der Waals surface area contributed by atoms with Crippen molar-refractivity contribution in [2.24, 2.45) is 0 Å². The van der Waals surface area contributed by atoms with Gasteiger partial charge in [-0.15, -0.1) is 11.8 Å². The van der Waals surface area contributed by atoms with E-state index >= 15 is 0 Å². The molecule has 2 saturated heterocycles. The Morgan fingerprint density at radius 1 is 1.09 bits per heavy atom. The number of aromatic amines is 1. The number of phenolic OH excluding ortho intramolecular Hbond substituents is 1. The van der Waals surface area contributed by atoms with E-state index < -0.39 is 46.9 Å². The van der Waals surface area contributed by atoms with E-state index in [1.165, 1.54) is 18.7 Å². The van der Waals surface area contributed by atoms with E-state index in [0.29, 0.717) is 53.5 Å². The minimum absolute atomic E-state index is 0.0447. The van der Waals surface area contributed by atoms with Crippen molar-refractivity contribution in [3.05, 3.63) is 68.9 Å². The molecule has 7 atom stereocenters. The van der Waals surface area contributed by atoms with Crippen molar-refractivity contribution >= 4 is 34.6 Å². The molecule has 2 fully saturated rings. The number of likely N-dealkylation sites (N-methyl/N-ethyl adjacent to an activating group) is 1. The van der Waals surface area contributed by atoms with Gasteiger partial charge in [-0.1, -0.05) is 6.07 Å². The summed E-state index contributed by atoms with van der Waals surface area (Å²) in [4.78, 5) is 35.9. The molecule has 7 aliphatic heterocycles. The van der Waals surface area contributed by atoms with Gasteiger partial charge in [0.1, 0.15) is 24.1 Å². The number of hydrogen-bond acceptors (Lipinski definition) is 14. The Hall–Kier alpha value is -5.14. The number of ether oxygens (including phenoxy) is 6. The van der Waals surface area contributed by atoms with E-state index in [4.69, 9.17) is 28.4 Å². The highest BCUT2D eigenvalue weighted by Gasteiger charge is 2.62. The highest BCUT2D eigenvalue weighted by molar-refractivity contribution is 7.99. The fraction of sp³-hybridized carbons (Fsp3) is 0.452. The van der Waals surface area contributed by atoms with Crippen LogP contribution < -0.4 is 29.0 Å². The number of aromatic nitrogens is 1. The van der Waals surface area contributed by atoms with Gasteiger partial charge in [0.25, 0.3) is 0 Å². The number of rotatable bonds is 3. The molecule has 1 unspecified atom stereocenters. The van der Waals surface area contributed by atoms with Gasteiger partial charge in [-0.3, -0.25) is 19.9 Å². The van der Waals surface area contributed by atoms with Crippen molar-refractivity contribution in [2.45, 2.75) is 74.6 Å². The van der Waals surface area contributed by atoms with Crippen LogP contribution in [0.1, 0.15) is 68.9 Å². The maximum absolute atomic E-state index is 14.9. The number of benzene rings is 3. The number of phenols is 1. The molecule has 8 heterocycles. The molecule has 296 valence electrons. The van der Waals surface area contributed by atoms with Gasteiger partial charge in [0.15, 0.2) is 28.5 Å². The first-order chi connectivity index (χ1) is 27.5. The minimum atomic E-state index is -1.29. The second kappa shape index (κ2) is 12.9. The van der Waals surface area contributed by atoms with Crippen LogP contribution in [0.25, 0.3) is 10.9 Å². The number of esters is 2. The van der Waals surface area contributed by atoms with E-state index in [-0.39, 0.29) is 30.9 Å². The van der Waals surface area contributed by atoms with Crippen molar-refractivity contribution in [3.8, 4) is 40.6 Å². The summed E-state index contributed by atoms with van der Waals surface area (Å²) in [6.07, 6.45) is 1.19. The first kappa shape index (κ1) is 36.2. The monoisotopic (exact) mass is 793 g/mol. The van der Waals surface area contributed by atoms with Crippen molar-refractivity contribution < 1.29 is 43.1 Å². The Labute approximate surface area is 333 Å². The summed E-state index contributed by atoms with van der Waals surface area (Å²) in [6.45, 7) is 5.48. The standard InChI is InChI=1S/C42H43N5O9S/c1-18-11-21-12-26-27(14-43)47-28-15-53-41(50)42(40-23(9-10-44-42)24-13-22(51-5)7-8-25(24)45-40)16-57-39(33(47)32(46(26)4)29(21)34(49)35(18)52-6)31-30(28)38-37(54-17-55-38)19(2)36(31)56-20(3)48/h7-8,11,13,26-28,32-33,39,44-45,49H,9-10,12,15-17H2,1-6H3/t26-,27-,28+,32+,33?,39+,42+/m0/s1. The van der Waals surface area contributed by atoms with Crippen LogP contribution in [0.15, 0.2) is 24.3 Å². The molecule has 0 amide bonds. The van der Waals surface area contributed by atoms with Gasteiger partial charge < -0.3 is 38.5 Å². The molecule has 4 bridgehead atoms. The fourth-order valence-electron chi connectivity index (χ4n) is 10.8. The lowest BCUT2D eigenvalue weighted by Crippen LogP contribution is -2.69. The van der Waals surface area contributed by atoms with Crippen LogP contribution in [0.4, 0.5) is 0 Å². The molecular weight excluding hydrogens is 751 g/mol. The second-order valence-electron chi connectivity index (χ2n) is 15.8. The second-order valence-corrected chi connectivity index (χ2v) is 16.9. The summed E-state index contributed by atoms with van der Waals surface area (Å²) in [5.74, 6) is 1.76. The number of thioether (sulfide) groups is 1.